The van der Waals surface area contributed by atoms with Crippen LogP contribution in [0, 0.1) is 0 Å². The Morgan fingerprint density at radius 2 is 1.93 bits per heavy atom. The predicted octanol–water partition coefficient (Wildman–Crippen LogP) is 1.89. The van der Waals surface area contributed by atoms with Gasteiger partial charge in [-0.2, -0.15) is 0 Å². The maximum atomic E-state index is 9.52. The molecule has 0 amide bonds. The van der Waals surface area contributed by atoms with Crippen molar-refractivity contribution in [1.29, 1.82) is 0 Å². The molecule has 0 aliphatic heterocycles. The molecule has 0 aliphatic carbocycles. The number of benzene rings is 1. The number of hydrogen-bond donors (Lipinski definition) is 2. The molecule has 1 atom stereocenters. The lowest BCUT2D eigenvalue weighted by Gasteiger charge is -2.20. The molecule has 0 radical (unpaired) electrons. The summed E-state index contributed by atoms with van der Waals surface area (Å²) in [5, 5.41) is 19.0. The van der Waals surface area contributed by atoms with Crippen LogP contribution in [-0.2, 0) is 0 Å². The number of hydrogen-bond acceptors (Lipinski definition) is 3. The van der Waals surface area contributed by atoms with Gasteiger partial charge in [-0.1, -0.05) is 18.2 Å². The molecule has 0 unspecified atom stereocenters. The zero-order valence-corrected chi connectivity index (χ0v) is 9.40. The minimum atomic E-state index is -0.869. The highest BCUT2D eigenvalue weighted by Crippen LogP contribution is 2.25. The van der Waals surface area contributed by atoms with E-state index < -0.39 is 11.7 Å². The largest absolute Gasteiger partial charge is 0.490 e. The molecule has 1 rings (SSSR count). The molecule has 84 valence electrons. The SMILES string of the molecule is C[C@H](O)c1ccccc1OCC(C)(C)O. The molecule has 0 aliphatic rings. The van der Waals surface area contributed by atoms with Gasteiger partial charge in [0.05, 0.1) is 11.7 Å². The molecule has 1 aromatic carbocycles. The summed E-state index contributed by atoms with van der Waals surface area (Å²) in [7, 11) is 0. The third kappa shape index (κ3) is 3.90. The van der Waals surface area contributed by atoms with E-state index in [1.165, 1.54) is 0 Å². The fourth-order valence-electron chi connectivity index (χ4n) is 1.21. The smallest absolute Gasteiger partial charge is 0.125 e. The van der Waals surface area contributed by atoms with Crippen LogP contribution < -0.4 is 4.74 Å². The van der Waals surface area contributed by atoms with Gasteiger partial charge in [0.25, 0.3) is 0 Å². The number of aliphatic hydroxyl groups is 2. The second-order valence-electron chi connectivity index (χ2n) is 4.31. The van der Waals surface area contributed by atoms with E-state index in [0.717, 1.165) is 5.56 Å². The lowest BCUT2D eigenvalue weighted by atomic mass is 10.1. The van der Waals surface area contributed by atoms with Crippen LogP contribution in [0.3, 0.4) is 0 Å². The van der Waals surface area contributed by atoms with Crippen molar-refractivity contribution >= 4 is 0 Å². The normalized spacial score (nSPS) is 13.7. The van der Waals surface area contributed by atoms with Gasteiger partial charge < -0.3 is 14.9 Å². The summed E-state index contributed by atoms with van der Waals surface area (Å²) in [4.78, 5) is 0. The van der Waals surface area contributed by atoms with Crippen LogP contribution >= 0.6 is 0 Å². The molecule has 0 heterocycles. The lowest BCUT2D eigenvalue weighted by Crippen LogP contribution is -2.28. The van der Waals surface area contributed by atoms with Crippen LogP contribution in [0.25, 0.3) is 0 Å². The Bertz CT molecular complexity index is 313. The average Bonchev–Trinajstić information content (AvgIpc) is 2.14. The number of para-hydroxylation sites is 1. The quantitative estimate of drug-likeness (QED) is 0.797. The summed E-state index contributed by atoms with van der Waals surface area (Å²) in [6, 6.07) is 7.28. The Kier molecular flexibility index (Phi) is 3.72. The summed E-state index contributed by atoms with van der Waals surface area (Å²) in [6.45, 7) is 5.25. The molecule has 0 aromatic heterocycles. The maximum absolute atomic E-state index is 9.52. The van der Waals surface area contributed by atoms with Crippen LogP contribution in [0.4, 0.5) is 0 Å². The molecular formula is C12H18O3. The van der Waals surface area contributed by atoms with Crippen molar-refractivity contribution in [3.05, 3.63) is 29.8 Å². The van der Waals surface area contributed by atoms with E-state index in [-0.39, 0.29) is 6.61 Å². The monoisotopic (exact) mass is 210 g/mol. The Balaban J connectivity index is 2.76. The molecule has 0 bridgehead atoms. The lowest BCUT2D eigenvalue weighted by molar-refractivity contribution is 0.0272. The summed E-state index contributed by atoms with van der Waals surface area (Å²) in [6.07, 6.45) is -0.567. The molecule has 0 saturated carbocycles. The zero-order valence-electron chi connectivity index (χ0n) is 9.40. The fraction of sp³-hybridized carbons (Fsp3) is 0.500. The molecule has 3 nitrogen and oxygen atoms in total. The molecular weight excluding hydrogens is 192 g/mol. The van der Waals surface area contributed by atoms with Gasteiger partial charge in [0.15, 0.2) is 0 Å². The van der Waals surface area contributed by atoms with Crippen LogP contribution in [0.2, 0.25) is 0 Å². The number of ether oxygens (including phenoxy) is 1. The van der Waals surface area contributed by atoms with Crippen LogP contribution in [0.5, 0.6) is 5.75 Å². The van der Waals surface area contributed by atoms with Crippen molar-refractivity contribution in [3.8, 4) is 5.75 Å². The molecule has 2 N–H and O–H groups in total. The van der Waals surface area contributed by atoms with E-state index in [4.69, 9.17) is 4.74 Å². The van der Waals surface area contributed by atoms with E-state index in [2.05, 4.69) is 0 Å². The first-order valence-electron chi connectivity index (χ1n) is 5.02. The number of rotatable bonds is 4. The standard InChI is InChI=1S/C12H18O3/c1-9(13)10-6-4-5-7-11(10)15-8-12(2,3)14/h4-7,9,13-14H,8H2,1-3H3/t9-/m0/s1. The first kappa shape index (κ1) is 12.0. The first-order chi connectivity index (χ1) is 6.90. The Morgan fingerprint density at radius 3 is 2.47 bits per heavy atom. The summed E-state index contributed by atoms with van der Waals surface area (Å²) < 4.78 is 5.45. The molecule has 0 fully saturated rings. The molecule has 15 heavy (non-hydrogen) atoms. The van der Waals surface area contributed by atoms with Gasteiger partial charge in [-0.3, -0.25) is 0 Å². The van der Waals surface area contributed by atoms with E-state index >= 15 is 0 Å². The molecule has 0 saturated heterocycles. The van der Waals surface area contributed by atoms with E-state index in [0.29, 0.717) is 5.75 Å². The van der Waals surface area contributed by atoms with E-state index in [1.807, 2.05) is 18.2 Å². The summed E-state index contributed by atoms with van der Waals surface area (Å²) in [5.74, 6) is 0.620. The van der Waals surface area contributed by atoms with Gasteiger partial charge in [0, 0.05) is 5.56 Å². The van der Waals surface area contributed by atoms with Crippen molar-refractivity contribution in [1.82, 2.24) is 0 Å². The van der Waals surface area contributed by atoms with Crippen molar-refractivity contribution in [2.75, 3.05) is 6.61 Å². The van der Waals surface area contributed by atoms with Crippen LogP contribution in [-0.4, -0.2) is 22.4 Å². The second kappa shape index (κ2) is 4.64. The third-order valence-electron chi connectivity index (χ3n) is 1.95. The zero-order chi connectivity index (χ0) is 11.5. The van der Waals surface area contributed by atoms with Crippen molar-refractivity contribution in [2.24, 2.45) is 0 Å². The van der Waals surface area contributed by atoms with Crippen molar-refractivity contribution in [3.63, 3.8) is 0 Å². The first-order valence-corrected chi connectivity index (χ1v) is 5.02. The van der Waals surface area contributed by atoms with E-state index in [1.54, 1.807) is 26.8 Å². The summed E-state index contributed by atoms with van der Waals surface area (Å²) in [5.41, 5.74) is -0.132. The van der Waals surface area contributed by atoms with Gasteiger partial charge in [-0.25, -0.2) is 0 Å². The Morgan fingerprint density at radius 1 is 1.33 bits per heavy atom. The van der Waals surface area contributed by atoms with Gasteiger partial charge in [0.1, 0.15) is 12.4 Å². The molecule has 0 spiro atoms. The van der Waals surface area contributed by atoms with E-state index in [9.17, 15) is 10.2 Å². The topological polar surface area (TPSA) is 49.7 Å². The highest BCUT2D eigenvalue weighted by atomic mass is 16.5. The predicted molar refractivity (Wildman–Crippen MR) is 58.9 cm³/mol. The molecule has 3 heteroatoms. The van der Waals surface area contributed by atoms with Crippen molar-refractivity contribution < 1.29 is 14.9 Å². The highest BCUT2D eigenvalue weighted by molar-refractivity contribution is 5.34. The minimum Gasteiger partial charge on any atom is -0.490 e. The molecule has 1 aromatic rings. The second-order valence-corrected chi connectivity index (χ2v) is 4.31. The van der Waals surface area contributed by atoms with Gasteiger partial charge >= 0.3 is 0 Å². The van der Waals surface area contributed by atoms with Crippen molar-refractivity contribution in [2.45, 2.75) is 32.5 Å². The van der Waals surface area contributed by atoms with Gasteiger partial charge in [-0.05, 0) is 26.8 Å². The maximum Gasteiger partial charge on any atom is 0.125 e. The fourth-order valence-corrected chi connectivity index (χ4v) is 1.21. The third-order valence-corrected chi connectivity index (χ3v) is 1.95. The van der Waals surface area contributed by atoms with Gasteiger partial charge in [-0.15, -0.1) is 0 Å². The van der Waals surface area contributed by atoms with Gasteiger partial charge in [0.2, 0.25) is 0 Å². The minimum absolute atomic E-state index is 0.205. The van der Waals surface area contributed by atoms with Crippen LogP contribution in [0.1, 0.15) is 32.4 Å². The van der Waals surface area contributed by atoms with Crippen LogP contribution in [0.15, 0.2) is 24.3 Å². The Hall–Kier alpha value is -1.06. The number of aliphatic hydroxyl groups excluding tert-OH is 1. The average molecular weight is 210 g/mol. The summed E-state index contributed by atoms with van der Waals surface area (Å²) >= 11 is 0. The Labute approximate surface area is 90.3 Å². The highest BCUT2D eigenvalue weighted by Gasteiger charge is 2.15.